The van der Waals surface area contributed by atoms with Gasteiger partial charge in [0, 0.05) is 18.7 Å². The van der Waals surface area contributed by atoms with Crippen molar-refractivity contribution >= 4 is 15.9 Å². The van der Waals surface area contributed by atoms with Crippen molar-refractivity contribution in [3.8, 4) is 11.3 Å². The summed E-state index contributed by atoms with van der Waals surface area (Å²) in [7, 11) is -3.82. The van der Waals surface area contributed by atoms with E-state index in [2.05, 4.69) is 4.98 Å². The van der Waals surface area contributed by atoms with Gasteiger partial charge in [-0.05, 0) is 31.4 Å². The number of nitrogens with two attached hydrogens (primary N) is 1. The molecule has 1 aliphatic heterocycles. The van der Waals surface area contributed by atoms with Gasteiger partial charge in [-0.15, -0.1) is 0 Å². The zero-order valence-corrected chi connectivity index (χ0v) is 13.5. The predicted molar refractivity (Wildman–Crippen MR) is 83.2 cm³/mol. The SMILES string of the molecule is Cc1ccc(-c2cnc(C(=O)N3CCCC3)o2)cc1S(N)(=O)=O. The third kappa shape index (κ3) is 3.13. The number of oxazole rings is 1. The molecule has 2 heterocycles. The van der Waals surface area contributed by atoms with Crippen molar-refractivity contribution in [3.63, 3.8) is 0 Å². The first-order chi connectivity index (χ1) is 10.9. The fraction of sp³-hybridized carbons (Fsp3) is 0.333. The average Bonchev–Trinajstić information content (AvgIpc) is 3.17. The molecule has 0 spiro atoms. The summed E-state index contributed by atoms with van der Waals surface area (Å²) in [5.74, 6) is 0.101. The molecule has 1 amide bonds. The van der Waals surface area contributed by atoms with Gasteiger partial charge in [-0.25, -0.2) is 18.5 Å². The van der Waals surface area contributed by atoms with Gasteiger partial charge in [-0.2, -0.15) is 0 Å². The van der Waals surface area contributed by atoms with Crippen LogP contribution in [0, 0.1) is 6.92 Å². The molecule has 1 fully saturated rings. The molecule has 1 aliphatic rings. The maximum atomic E-state index is 12.2. The molecule has 0 aliphatic carbocycles. The van der Waals surface area contributed by atoms with E-state index >= 15 is 0 Å². The smallest absolute Gasteiger partial charge is 0.309 e. The van der Waals surface area contributed by atoms with Crippen LogP contribution in [-0.4, -0.2) is 37.3 Å². The molecule has 1 aromatic carbocycles. The van der Waals surface area contributed by atoms with Crippen LogP contribution in [0.15, 0.2) is 33.7 Å². The number of sulfonamides is 1. The Morgan fingerprint density at radius 2 is 2.00 bits per heavy atom. The lowest BCUT2D eigenvalue weighted by molar-refractivity contribution is 0.0754. The zero-order valence-electron chi connectivity index (χ0n) is 12.7. The molecule has 1 aromatic heterocycles. The summed E-state index contributed by atoms with van der Waals surface area (Å²) in [4.78, 5) is 18.0. The topological polar surface area (TPSA) is 106 Å². The van der Waals surface area contributed by atoms with Gasteiger partial charge in [0.1, 0.15) is 0 Å². The van der Waals surface area contributed by atoms with E-state index in [1.807, 2.05) is 0 Å². The van der Waals surface area contributed by atoms with Crippen molar-refractivity contribution in [2.75, 3.05) is 13.1 Å². The molecule has 0 unspecified atom stereocenters. The average molecular weight is 335 g/mol. The van der Waals surface area contributed by atoms with E-state index in [0.717, 1.165) is 12.8 Å². The molecule has 2 aromatic rings. The summed E-state index contributed by atoms with van der Waals surface area (Å²) < 4.78 is 28.7. The molecule has 3 rings (SSSR count). The normalized spacial score (nSPS) is 15.1. The van der Waals surface area contributed by atoms with Crippen LogP contribution in [0.2, 0.25) is 0 Å². The highest BCUT2D eigenvalue weighted by Gasteiger charge is 2.24. The minimum absolute atomic E-state index is 0.0135. The number of hydrogen-bond donors (Lipinski definition) is 1. The van der Waals surface area contributed by atoms with Gasteiger partial charge in [0.05, 0.1) is 11.1 Å². The Bertz CT molecular complexity index is 851. The number of carbonyl (C=O) groups is 1. The first-order valence-electron chi connectivity index (χ1n) is 7.25. The van der Waals surface area contributed by atoms with E-state index in [-0.39, 0.29) is 16.7 Å². The van der Waals surface area contributed by atoms with E-state index < -0.39 is 10.0 Å². The first kappa shape index (κ1) is 15.7. The van der Waals surface area contributed by atoms with Crippen molar-refractivity contribution < 1.29 is 17.6 Å². The van der Waals surface area contributed by atoms with Gasteiger partial charge in [-0.3, -0.25) is 4.79 Å². The highest BCUT2D eigenvalue weighted by atomic mass is 32.2. The molecule has 0 saturated carbocycles. The zero-order chi connectivity index (χ0) is 16.6. The predicted octanol–water partition coefficient (Wildman–Crippen LogP) is 1.53. The maximum absolute atomic E-state index is 12.2. The highest BCUT2D eigenvalue weighted by Crippen LogP contribution is 2.26. The van der Waals surface area contributed by atoms with Gasteiger partial charge in [0.25, 0.3) is 5.89 Å². The molecule has 1 saturated heterocycles. The van der Waals surface area contributed by atoms with Gasteiger partial charge < -0.3 is 9.32 Å². The molecular weight excluding hydrogens is 318 g/mol. The lowest BCUT2D eigenvalue weighted by atomic mass is 10.1. The lowest BCUT2D eigenvalue weighted by Gasteiger charge is -2.11. The van der Waals surface area contributed by atoms with E-state index in [4.69, 9.17) is 9.56 Å². The molecule has 122 valence electrons. The van der Waals surface area contributed by atoms with Crippen LogP contribution in [0.25, 0.3) is 11.3 Å². The standard InChI is InChI=1S/C15H17N3O4S/c1-10-4-5-11(8-13(10)23(16,20)21)12-9-17-14(22-12)15(19)18-6-2-3-7-18/h4-5,8-9H,2-3,6-7H2,1H3,(H2,16,20,21). The van der Waals surface area contributed by atoms with Crippen molar-refractivity contribution in [2.24, 2.45) is 5.14 Å². The Labute approximate surface area is 134 Å². The summed E-state index contributed by atoms with van der Waals surface area (Å²) in [5.41, 5.74) is 1.05. The molecular formula is C15H17N3O4S. The van der Waals surface area contributed by atoms with Crippen LogP contribution in [0.5, 0.6) is 0 Å². The number of amides is 1. The quantitative estimate of drug-likeness (QED) is 0.915. The number of aryl methyl sites for hydroxylation is 1. The van der Waals surface area contributed by atoms with Gasteiger partial charge in [-0.1, -0.05) is 12.1 Å². The van der Waals surface area contributed by atoms with E-state index in [1.54, 1.807) is 24.0 Å². The van der Waals surface area contributed by atoms with Gasteiger partial charge >= 0.3 is 5.91 Å². The maximum Gasteiger partial charge on any atom is 0.309 e. The number of aromatic nitrogens is 1. The molecule has 23 heavy (non-hydrogen) atoms. The summed E-state index contributed by atoms with van der Waals surface area (Å²) in [6.07, 6.45) is 3.38. The number of likely N-dealkylation sites (tertiary alicyclic amines) is 1. The largest absolute Gasteiger partial charge is 0.432 e. The summed E-state index contributed by atoms with van der Waals surface area (Å²) in [6.45, 7) is 3.07. The fourth-order valence-corrected chi connectivity index (χ4v) is 3.43. The van der Waals surface area contributed by atoms with E-state index in [9.17, 15) is 13.2 Å². The second kappa shape index (κ2) is 5.78. The third-order valence-electron chi connectivity index (χ3n) is 3.86. The van der Waals surface area contributed by atoms with Crippen LogP contribution in [0.4, 0.5) is 0 Å². The molecule has 0 radical (unpaired) electrons. The van der Waals surface area contributed by atoms with E-state index in [1.165, 1.54) is 12.3 Å². The molecule has 0 atom stereocenters. The van der Waals surface area contributed by atoms with Crippen LogP contribution >= 0.6 is 0 Å². The number of hydrogen-bond acceptors (Lipinski definition) is 5. The summed E-state index contributed by atoms with van der Waals surface area (Å²) in [5, 5.41) is 5.21. The Kier molecular flexibility index (Phi) is 3.95. The second-order valence-electron chi connectivity index (χ2n) is 5.55. The molecule has 0 bridgehead atoms. The number of nitrogens with zero attached hydrogens (tertiary/aromatic N) is 2. The van der Waals surface area contributed by atoms with Crippen molar-refractivity contribution in [3.05, 3.63) is 35.9 Å². The summed E-state index contributed by atoms with van der Waals surface area (Å²) in [6, 6.07) is 4.77. The van der Waals surface area contributed by atoms with Gasteiger partial charge in [0.15, 0.2) is 5.76 Å². The molecule has 2 N–H and O–H groups in total. The minimum Gasteiger partial charge on any atom is -0.432 e. The van der Waals surface area contributed by atoms with Gasteiger partial charge in [0.2, 0.25) is 10.0 Å². The minimum atomic E-state index is -3.82. The van der Waals surface area contributed by atoms with Crippen molar-refractivity contribution in [1.82, 2.24) is 9.88 Å². The monoisotopic (exact) mass is 335 g/mol. The Hall–Kier alpha value is -2.19. The Morgan fingerprint density at radius 3 is 2.65 bits per heavy atom. The highest BCUT2D eigenvalue weighted by molar-refractivity contribution is 7.89. The van der Waals surface area contributed by atoms with Crippen LogP contribution in [0.3, 0.4) is 0 Å². The van der Waals surface area contributed by atoms with Crippen molar-refractivity contribution in [2.45, 2.75) is 24.7 Å². The lowest BCUT2D eigenvalue weighted by Crippen LogP contribution is -2.27. The Balaban J connectivity index is 1.93. The summed E-state index contributed by atoms with van der Waals surface area (Å²) >= 11 is 0. The second-order valence-corrected chi connectivity index (χ2v) is 7.08. The Morgan fingerprint density at radius 1 is 1.30 bits per heavy atom. The van der Waals surface area contributed by atoms with Crippen LogP contribution in [-0.2, 0) is 10.0 Å². The molecule has 7 nitrogen and oxygen atoms in total. The number of primary sulfonamides is 1. The molecule has 8 heteroatoms. The van der Waals surface area contributed by atoms with Crippen molar-refractivity contribution in [1.29, 1.82) is 0 Å². The van der Waals surface area contributed by atoms with E-state index in [0.29, 0.717) is 30.0 Å². The number of carbonyl (C=O) groups excluding carboxylic acids is 1. The van der Waals surface area contributed by atoms with Crippen LogP contribution in [0.1, 0.15) is 29.1 Å². The number of benzene rings is 1. The first-order valence-corrected chi connectivity index (χ1v) is 8.80. The number of rotatable bonds is 3. The van der Waals surface area contributed by atoms with Crippen LogP contribution < -0.4 is 5.14 Å². The third-order valence-corrected chi connectivity index (χ3v) is 4.91. The fourth-order valence-electron chi connectivity index (χ4n) is 2.62.